The van der Waals surface area contributed by atoms with Crippen LogP contribution in [0.4, 0.5) is 0 Å². The third-order valence-electron chi connectivity index (χ3n) is 12.0. The predicted molar refractivity (Wildman–Crippen MR) is 202 cm³/mol. The summed E-state index contributed by atoms with van der Waals surface area (Å²) >= 11 is 0. The second kappa shape index (κ2) is 21.7. The average molecular weight is 785 g/mol. The van der Waals surface area contributed by atoms with Crippen molar-refractivity contribution in [3.8, 4) is 0 Å². The summed E-state index contributed by atoms with van der Waals surface area (Å²) < 4.78 is 24.5. The van der Waals surface area contributed by atoms with Crippen LogP contribution in [0.15, 0.2) is 11.1 Å². The normalized spacial score (nSPS) is 27.9. The molecular weight excluding hydrogens is 716 g/mol. The number of aliphatic hydroxyl groups excluding tert-OH is 3. The summed E-state index contributed by atoms with van der Waals surface area (Å²) in [4.78, 5) is 60.8. The van der Waals surface area contributed by atoms with Crippen LogP contribution in [-0.4, -0.2) is 111 Å². The minimum Gasteiger partial charge on any atom is -0.478 e. The third-order valence-corrected chi connectivity index (χ3v) is 12.0. The smallest absolute Gasteiger partial charge is 0.334 e. The van der Waals surface area contributed by atoms with E-state index in [1.165, 1.54) is 7.11 Å². The highest BCUT2D eigenvalue weighted by Gasteiger charge is 2.47. The Hall–Kier alpha value is -2.75. The molecule has 55 heavy (non-hydrogen) atoms. The molecule has 2 aliphatic heterocycles. The molecular formula is C41H68O14. The van der Waals surface area contributed by atoms with Gasteiger partial charge in [0.2, 0.25) is 0 Å². The SMILES string of the molecule is CO[C@@H]([C@H](O)CC(=O)[C@@H](C)[C@@H](O)CC[C@@H](C)[C@@H]1O[C@]2(CC[C@@H](C)[C@H](CC[C@H](C)C(C)=O)O2)CC[C@@H]1C)[C@H](OC(=O)C[C@@H](O)/C(C(=O)O)=C(\C)C(=O)O)C(C)C. The molecule has 0 unspecified atom stereocenters. The lowest BCUT2D eigenvalue weighted by molar-refractivity contribution is -0.338. The zero-order valence-electron chi connectivity index (χ0n) is 34.5. The number of carboxylic acids is 2. The molecule has 316 valence electrons. The van der Waals surface area contributed by atoms with Crippen molar-refractivity contribution in [2.75, 3.05) is 7.11 Å². The Kier molecular flexibility index (Phi) is 19.1. The molecule has 0 radical (unpaired) electrons. The first-order chi connectivity index (χ1) is 25.5. The van der Waals surface area contributed by atoms with Crippen molar-refractivity contribution in [1.29, 1.82) is 0 Å². The van der Waals surface area contributed by atoms with Gasteiger partial charge in [-0.2, -0.15) is 0 Å². The standard InChI is InChI=1S/C41H68O14/c1-21(2)36(53-34(47)20-31(45)35(40(50)51)27(8)39(48)49)38(52-10)32(46)19-30(44)26(7)29(43)13-11-24(5)37-25(6)16-18-41(55-37)17-15-23(4)33(54-41)14-12-22(3)28(9)42/h21-26,29,31-33,36-38,43,45-46H,11-20H2,1-10H3,(H,48,49)(H,50,51)/b35-27-/t22-,23+,24+,25-,26-,29-,31+,32+,33-,36+,37-,38-,41+/m0/s1. The fraction of sp³-hybridized carbons (Fsp3) is 0.829. The van der Waals surface area contributed by atoms with Gasteiger partial charge in [-0.25, -0.2) is 9.59 Å². The number of ether oxygens (including phenoxy) is 4. The molecule has 0 aromatic rings. The van der Waals surface area contributed by atoms with Gasteiger partial charge in [-0.3, -0.25) is 14.4 Å². The monoisotopic (exact) mass is 784 g/mol. The summed E-state index contributed by atoms with van der Waals surface area (Å²) in [5, 5.41) is 51.2. The van der Waals surface area contributed by atoms with Gasteiger partial charge in [-0.1, -0.05) is 48.5 Å². The quantitative estimate of drug-likeness (QED) is 0.0730. The molecule has 5 N–H and O–H groups in total. The van der Waals surface area contributed by atoms with Crippen molar-refractivity contribution in [3.05, 3.63) is 11.1 Å². The average Bonchev–Trinajstić information content (AvgIpc) is 3.10. The minimum absolute atomic E-state index is 0.00881. The van der Waals surface area contributed by atoms with E-state index in [0.717, 1.165) is 45.4 Å². The molecule has 0 bridgehead atoms. The topological polar surface area (TPSA) is 223 Å². The Morgan fingerprint density at radius 2 is 1.38 bits per heavy atom. The number of aliphatic carboxylic acids is 2. The molecule has 14 nitrogen and oxygen atoms in total. The zero-order chi connectivity index (χ0) is 41.9. The molecule has 2 fully saturated rings. The summed E-state index contributed by atoms with van der Waals surface area (Å²) in [6.07, 6.45) is -2.10. The second-order valence-electron chi connectivity index (χ2n) is 16.7. The summed E-state index contributed by atoms with van der Waals surface area (Å²) in [5.41, 5.74) is -1.50. The van der Waals surface area contributed by atoms with Crippen LogP contribution in [0, 0.1) is 35.5 Å². The first-order valence-corrected chi connectivity index (χ1v) is 19.9. The molecule has 14 heteroatoms. The summed E-state index contributed by atoms with van der Waals surface area (Å²) in [7, 11) is 1.27. The third kappa shape index (κ3) is 13.7. The van der Waals surface area contributed by atoms with E-state index in [9.17, 15) is 49.5 Å². The Labute approximate surface area is 326 Å². The molecule has 0 aliphatic carbocycles. The Morgan fingerprint density at radius 3 is 1.91 bits per heavy atom. The van der Waals surface area contributed by atoms with Crippen LogP contribution >= 0.6 is 0 Å². The molecule has 2 rings (SSSR count). The van der Waals surface area contributed by atoms with Crippen molar-refractivity contribution >= 4 is 29.5 Å². The highest BCUT2D eigenvalue weighted by atomic mass is 16.7. The van der Waals surface area contributed by atoms with Crippen molar-refractivity contribution in [3.63, 3.8) is 0 Å². The molecule has 13 atom stereocenters. The number of carbonyl (C=O) groups is 5. The fourth-order valence-corrected chi connectivity index (χ4v) is 7.82. The highest BCUT2D eigenvalue weighted by Crippen LogP contribution is 2.45. The summed E-state index contributed by atoms with van der Waals surface area (Å²) in [6, 6.07) is 0. The van der Waals surface area contributed by atoms with Gasteiger partial charge < -0.3 is 44.5 Å². The lowest BCUT2D eigenvalue weighted by atomic mass is 9.79. The summed E-state index contributed by atoms with van der Waals surface area (Å²) in [6.45, 7) is 16.0. The fourth-order valence-electron chi connectivity index (χ4n) is 7.82. The zero-order valence-corrected chi connectivity index (χ0v) is 34.5. The van der Waals surface area contributed by atoms with E-state index in [2.05, 4.69) is 20.8 Å². The van der Waals surface area contributed by atoms with Crippen LogP contribution < -0.4 is 0 Å². The molecule has 2 saturated heterocycles. The maximum absolute atomic E-state index is 13.3. The Morgan fingerprint density at radius 1 is 0.782 bits per heavy atom. The van der Waals surface area contributed by atoms with Crippen LogP contribution in [0.2, 0.25) is 0 Å². The van der Waals surface area contributed by atoms with E-state index in [1.54, 1.807) is 27.7 Å². The predicted octanol–water partition coefficient (Wildman–Crippen LogP) is 4.87. The minimum atomic E-state index is -1.98. The van der Waals surface area contributed by atoms with Gasteiger partial charge in [-0.15, -0.1) is 0 Å². The number of esters is 1. The molecule has 0 aromatic carbocycles. The van der Waals surface area contributed by atoms with E-state index in [0.29, 0.717) is 18.8 Å². The number of aliphatic hydroxyl groups is 3. The van der Waals surface area contributed by atoms with Crippen LogP contribution in [0.1, 0.15) is 127 Å². The number of hydrogen-bond donors (Lipinski definition) is 5. The van der Waals surface area contributed by atoms with Gasteiger partial charge in [0, 0.05) is 43.8 Å². The van der Waals surface area contributed by atoms with E-state index < -0.39 is 95.8 Å². The first-order valence-electron chi connectivity index (χ1n) is 19.9. The van der Waals surface area contributed by atoms with Crippen LogP contribution in [0.3, 0.4) is 0 Å². The first kappa shape index (κ1) is 48.4. The maximum atomic E-state index is 13.3. The van der Waals surface area contributed by atoms with E-state index in [4.69, 9.17) is 18.9 Å². The number of carbonyl (C=O) groups excluding carboxylic acids is 3. The Balaban J connectivity index is 2.00. The van der Waals surface area contributed by atoms with Gasteiger partial charge in [-0.05, 0) is 76.0 Å². The summed E-state index contributed by atoms with van der Waals surface area (Å²) in [5.74, 6) is -5.84. The second-order valence-corrected chi connectivity index (χ2v) is 16.7. The van der Waals surface area contributed by atoms with Gasteiger partial charge in [0.15, 0.2) is 5.79 Å². The van der Waals surface area contributed by atoms with Crippen LogP contribution in [0.25, 0.3) is 0 Å². The molecule has 0 aromatic heterocycles. The van der Waals surface area contributed by atoms with Crippen molar-refractivity contribution in [2.24, 2.45) is 35.5 Å². The van der Waals surface area contributed by atoms with Gasteiger partial charge in [0.1, 0.15) is 23.8 Å². The van der Waals surface area contributed by atoms with Gasteiger partial charge in [0.05, 0.1) is 42.5 Å². The maximum Gasteiger partial charge on any atom is 0.334 e. The van der Waals surface area contributed by atoms with E-state index >= 15 is 0 Å². The number of hydrogen-bond acceptors (Lipinski definition) is 12. The van der Waals surface area contributed by atoms with Crippen molar-refractivity contribution < 1.29 is 68.5 Å². The van der Waals surface area contributed by atoms with Crippen LogP contribution in [0.5, 0.6) is 0 Å². The lowest BCUT2D eigenvalue weighted by Gasteiger charge is -2.51. The lowest BCUT2D eigenvalue weighted by Crippen LogP contribution is -2.53. The van der Waals surface area contributed by atoms with Crippen molar-refractivity contribution in [1.82, 2.24) is 0 Å². The molecule has 1 spiro atoms. The number of Topliss-reactive ketones (excluding diaryl/α,β-unsaturated/α-hetero) is 2. The number of rotatable bonds is 22. The van der Waals surface area contributed by atoms with Crippen molar-refractivity contribution in [2.45, 2.75) is 175 Å². The van der Waals surface area contributed by atoms with Crippen LogP contribution in [-0.2, 0) is 42.9 Å². The molecule has 0 saturated carbocycles. The number of methoxy groups -OCH3 is 1. The van der Waals surface area contributed by atoms with E-state index in [1.807, 2.05) is 6.92 Å². The number of carboxylic acid groups (broad SMARTS) is 2. The number of ketones is 2. The Bertz CT molecular complexity index is 1340. The molecule has 0 amide bonds. The van der Waals surface area contributed by atoms with E-state index in [-0.39, 0.29) is 35.7 Å². The molecule has 2 aliphatic rings. The van der Waals surface area contributed by atoms with Gasteiger partial charge in [0.25, 0.3) is 0 Å². The molecule has 2 heterocycles. The highest BCUT2D eigenvalue weighted by molar-refractivity contribution is 5.99. The largest absolute Gasteiger partial charge is 0.478 e. The van der Waals surface area contributed by atoms with Gasteiger partial charge >= 0.3 is 17.9 Å².